The number of aryl methyl sites for hydroxylation is 1. The quantitative estimate of drug-likeness (QED) is 0.547. The summed E-state index contributed by atoms with van der Waals surface area (Å²) in [4.78, 5) is 8.84. The summed E-state index contributed by atoms with van der Waals surface area (Å²) in [5, 5.41) is 2.19. The Balaban J connectivity index is 2.27. The number of nitrogens with zero attached hydrogens (tertiary/aromatic N) is 2. The monoisotopic (exact) mass is 322 g/mol. The van der Waals surface area contributed by atoms with Crippen molar-refractivity contribution in [1.29, 1.82) is 0 Å². The SMILES string of the molecule is Cc1cc(Cl)cc(-c2nc(Cl)c3c(Cl)cccc3n2)c1. The van der Waals surface area contributed by atoms with Gasteiger partial charge >= 0.3 is 0 Å². The molecule has 0 radical (unpaired) electrons. The third-order valence-corrected chi connectivity index (χ3v) is 3.74. The summed E-state index contributed by atoms with van der Waals surface area (Å²) >= 11 is 18.4. The minimum atomic E-state index is 0.341. The number of fused-ring (bicyclic) bond motifs is 1. The van der Waals surface area contributed by atoms with Crippen molar-refractivity contribution in [2.75, 3.05) is 0 Å². The van der Waals surface area contributed by atoms with Crippen LogP contribution >= 0.6 is 34.8 Å². The van der Waals surface area contributed by atoms with Crippen molar-refractivity contribution in [2.24, 2.45) is 0 Å². The fourth-order valence-electron chi connectivity index (χ4n) is 2.09. The summed E-state index contributed by atoms with van der Waals surface area (Å²) in [6.07, 6.45) is 0. The van der Waals surface area contributed by atoms with Gasteiger partial charge in [-0.25, -0.2) is 9.97 Å². The highest BCUT2D eigenvalue weighted by molar-refractivity contribution is 6.41. The second-order valence-corrected chi connectivity index (χ2v) is 5.69. The van der Waals surface area contributed by atoms with Gasteiger partial charge in [-0.05, 0) is 42.8 Å². The topological polar surface area (TPSA) is 25.8 Å². The molecule has 20 heavy (non-hydrogen) atoms. The number of hydrogen-bond donors (Lipinski definition) is 0. The van der Waals surface area contributed by atoms with Crippen molar-refractivity contribution in [3.63, 3.8) is 0 Å². The summed E-state index contributed by atoms with van der Waals surface area (Å²) < 4.78 is 0. The second kappa shape index (κ2) is 5.21. The zero-order valence-electron chi connectivity index (χ0n) is 10.5. The van der Waals surface area contributed by atoms with Gasteiger partial charge in [0.2, 0.25) is 0 Å². The van der Waals surface area contributed by atoms with E-state index >= 15 is 0 Å². The molecule has 3 rings (SSSR count). The fourth-order valence-corrected chi connectivity index (χ4v) is 2.97. The van der Waals surface area contributed by atoms with Gasteiger partial charge in [-0.15, -0.1) is 0 Å². The van der Waals surface area contributed by atoms with Crippen LogP contribution in [0.1, 0.15) is 5.56 Å². The molecule has 0 aliphatic heterocycles. The first-order valence-electron chi connectivity index (χ1n) is 5.94. The van der Waals surface area contributed by atoms with Gasteiger partial charge in [0, 0.05) is 10.6 Å². The zero-order valence-corrected chi connectivity index (χ0v) is 12.8. The molecule has 0 N–H and O–H groups in total. The van der Waals surface area contributed by atoms with E-state index in [0.29, 0.717) is 31.9 Å². The number of rotatable bonds is 1. The number of halogens is 3. The first kappa shape index (κ1) is 13.6. The molecule has 0 saturated heterocycles. The van der Waals surface area contributed by atoms with E-state index in [1.54, 1.807) is 6.07 Å². The van der Waals surface area contributed by atoms with Crippen LogP contribution in [0, 0.1) is 6.92 Å². The normalized spacial score (nSPS) is 11.0. The first-order valence-corrected chi connectivity index (χ1v) is 7.07. The zero-order chi connectivity index (χ0) is 14.3. The predicted octanol–water partition coefficient (Wildman–Crippen LogP) is 5.57. The molecule has 1 aromatic heterocycles. The van der Waals surface area contributed by atoms with Gasteiger partial charge in [-0.1, -0.05) is 40.9 Å². The average molecular weight is 324 g/mol. The molecule has 100 valence electrons. The molecule has 1 heterocycles. The lowest BCUT2D eigenvalue weighted by Crippen LogP contribution is -1.93. The van der Waals surface area contributed by atoms with Crippen LogP contribution < -0.4 is 0 Å². The van der Waals surface area contributed by atoms with Crippen molar-refractivity contribution >= 4 is 45.7 Å². The highest BCUT2D eigenvalue weighted by atomic mass is 35.5. The molecule has 0 aliphatic rings. The van der Waals surface area contributed by atoms with Gasteiger partial charge in [0.15, 0.2) is 5.82 Å². The van der Waals surface area contributed by atoms with E-state index in [2.05, 4.69) is 9.97 Å². The van der Waals surface area contributed by atoms with E-state index in [0.717, 1.165) is 11.1 Å². The van der Waals surface area contributed by atoms with Gasteiger partial charge in [-0.2, -0.15) is 0 Å². The summed E-state index contributed by atoms with van der Waals surface area (Å²) in [5.74, 6) is 0.537. The summed E-state index contributed by atoms with van der Waals surface area (Å²) in [5.41, 5.74) is 2.59. The molecular weight excluding hydrogens is 315 g/mol. The smallest absolute Gasteiger partial charge is 0.161 e. The van der Waals surface area contributed by atoms with Gasteiger partial charge in [-0.3, -0.25) is 0 Å². The lowest BCUT2D eigenvalue weighted by molar-refractivity contribution is 1.22. The molecule has 2 aromatic carbocycles. The molecule has 0 aliphatic carbocycles. The van der Waals surface area contributed by atoms with Crippen molar-refractivity contribution < 1.29 is 0 Å². The fraction of sp³-hybridized carbons (Fsp3) is 0.0667. The highest BCUT2D eigenvalue weighted by Crippen LogP contribution is 2.31. The Morgan fingerprint density at radius 2 is 1.75 bits per heavy atom. The lowest BCUT2D eigenvalue weighted by atomic mass is 10.1. The van der Waals surface area contributed by atoms with E-state index < -0.39 is 0 Å². The minimum Gasteiger partial charge on any atom is -0.228 e. The van der Waals surface area contributed by atoms with Crippen LogP contribution in [0.3, 0.4) is 0 Å². The summed E-state index contributed by atoms with van der Waals surface area (Å²) in [6.45, 7) is 1.97. The van der Waals surface area contributed by atoms with Crippen molar-refractivity contribution in [2.45, 2.75) is 6.92 Å². The van der Waals surface area contributed by atoms with Crippen molar-refractivity contribution in [3.05, 3.63) is 57.2 Å². The summed E-state index contributed by atoms with van der Waals surface area (Å²) in [6, 6.07) is 11.1. The molecule has 0 spiro atoms. The Bertz CT molecular complexity index is 795. The molecule has 0 unspecified atom stereocenters. The van der Waals surface area contributed by atoms with Crippen LogP contribution in [-0.2, 0) is 0 Å². The maximum absolute atomic E-state index is 6.23. The molecule has 2 nitrogen and oxygen atoms in total. The number of benzene rings is 2. The Hall–Kier alpha value is -1.35. The average Bonchev–Trinajstić information content (AvgIpc) is 2.37. The first-order chi connectivity index (χ1) is 9.54. The molecule has 0 saturated carbocycles. The lowest BCUT2D eigenvalue weighted by Gasteiger charge is -2.07. The van der Waals surface area contributed by atoms with Gasteiger partial charge in [0.1, 0.15) is 5.15 Å². The molecule has 3 aromatic rings. The van der Waals surface area contributed by atoms with Crippen LogP contribution in [0.15, 0.2) is 36.4 Å². The van der Waals surface area contributed by atoms with Gasteiger partial charge < -0.3 is 0 Å². The minimum absolute atomic E-state index is 0.341. The predicted molar refractivity (Wildman–Crippen MR) is 84.7 cm³/mol. The molecule has 0 bridgehead atoms. The molecule has 5 heteroatoms. The van der Waals surface area contributed by atoms with Crippen LogP contribution in [0.2, 0.25) is 15.2 Å². The molecular formula is C15H9Cl3N2. The third-order valence-electron chi connectivity index (χ3n) is 2.93. The van der Waals surface area contributed by atoms with Crippen LogP contribution in [0.5, 0.6) is 0 Å². The Kier molecular flexibility index (Phi) is 3.55. The second-order valence-electron chi connectivity index (χ2n) is 4.49. The van der Waals surface area contributed by atoms with Gasteiger partial charge in [0.25, 0.3) is 0 Å². The number of aromatic nitrogens is 2. The van der Waals surface area contributed by atoms with Crippen molar-refractivity contribution in [3.8, 4) is 11.4 Å². The maximum Gasteiger partial charge on any atom is 0.161 e. The van der Waals surface area contributed by atoms with Crippen molar-refractivity contribution in [1.82, 2.24) is 9.97 Å². The van der Waals surface area contributed by atoms with Crippen LogP contribution in [0.25, 0.3) is 22.3 Å². The Morgan fingerprint density at radius 1 is 0.950 bits per heavy atom. The molecule has 0 amide bonds. The van der Waals surface area contributed by atoms with Gasteiger partial charge in [0.05, 0.1) is 15.9 Å². The van der Waals surface area contributed by atoms with Crippen LogP contribution in [-0.4, -0.2) is 9.97 Å². The van der Waals surface area contributed by atoms with E-state index in [1.165, 1.54) is 0 Å². The molecule has 0 fully saturated rings. The van der Waals surface area contributed by atoms with Crippen LogP contribution in [0.4, 0.5) is 0 Å². The third kappa shape index (κ3) is 2.47. The number of hydrogen-bond acceptors (Lipinski definition) is 2. The Morgan fingerprint density at radius 3 is 2.50 bits per heavy atom. The summed E-state index contributed by atoms with van der Waals surface area (Å²) in [7, 11) is 0. The van der Waals surface area contributed by atoms with E-state index in [9.17, 15) is 0 Å². The molecule has 0 atom stereocenters. The highest BCUT2D eigenvalue weighted by Gasteiger charge is 2.11. The Labute approximate surface area is 131 Å². The van der Waals surface area contributed by atoms with E-state index in [1.807, 2.05) is 37.3 Å². The van der Waals surface area contributed by atoms with E-state index in [4.69, 9.17) is 34.8 Å². The largest absolute Gasteiger partial charge is 0.228 e. The van der Waals surface area contributed by atoms with E-state index in [-0.39, 0.29) is 0 Å². The maximum atomic E-state index is 6.23. The standard InChI is InChI=1S/C15H9Cl3N2/c1-8-5-9(7-10(16)6-8)15-19-12-4-2-3-11(17)13(12)14(18)20-15/h2-7H,1H3.